The average molecular weight is 576 g/mol. The van der Waals surface area contributed by atoms with E-state index in [9.17, 15) is 9.59 Å². The van der Waals surface area contributed by atoms with E-state index in [2.05, 4.69) is 41.4 Å². The van der Waals surface area contributed by atoms with Gasteiger partial charge in [0, 0.05) is 36.5 Å². The number of carbonyl (C=O) groups is 1. The number of pyridine rings is 1. The first-order valence-corrected chi connectivity index (χ1v) is 13.2. The molecule has 0 bridgehead atoms. The van der Waals surface area contributed by atoms with E-state index in [1.165, 1.54) is 10.8 Å². The third-order valence-corrected chi connectivity index (χ3v) is 7.08. The van der Waals surface area contributed by atoms with Gasteiger partial charge in [-0.3, -0.25) is 14.9 Å². The highest BCUT2D eigenvalue weighted by atomic mass is 35.5. The van der Waals surface area contributed by atoms with Crippen molar-refractivity contribution >= 4 is 40.3 Å². The number of halogens is 1. The summed E-state index contributed by atoms with van der Waals surface area (Å²) < 4.78 is 14.4. The number of hydrogen-bond acceptors (Lipinski definition) is 6. The normalized spacial score (nSPS) is 11.5. The highest BCUT2D eigenvalue weighted by Crippen LogP contribution is 2.37. The van der Waals surface area contributed by atoms with Crippen LogP contribution in [0, 0.1) is 6.92 Å². The first-order chi connectivity index (χ1) is 19.5. The second kappa shape index (κ2) is 10.7. The van der Waals surface area contributed by atoms with Gasteiger partial charge in [0.1, 0.15) is 22.8 Å². The summed E-state index contributed by atoms with van der Waals surface area (Å²) in [5, 5.41) is 10.8. The zero-order valence-corrected chi connectivity index (χ0v) is 24.3. The number of imidazole rings is 1. The fourth-order valence-electron chi connectivity index (χ4n) is 4.24. The summed E-state index contributed by atoms with van der Waals surface area (Å²) in [6.07, 6.45) is 1.54. The van der Waals surface area contributed by atoms with Gasteiger partial charge in [-0.1, -0.05) is 32.4 Å². The molecule has 0 fully saturated rings. The number of nitrogens with zero attached hydrogens (tertiary/aromatic N) is 4. The van der Waals surface area contributed by atoms with Gasteiger partial charge in [-0.25, -0.2) is 19.3 Å². The largest absolute Gasteiger partial charge is 0.497 e. The number of nitrogens with one attached hydrogen (secondary N) is 3. The van der Waals surface area contributed by atoms with Crippen LogP contribution in [0.15, 0.2) is 59.5 Å². The van der Waals surface area contributed by atoms with Gasteiger partial charge in [0.25, 0.3) is 0 Å². The first kappa shape index (κ1) is 27.8. The molecule has 212 valence electrons. The van der Waals surface area contributed by atoms with Crippen LogP contribution in [-0.4, -0.2) is 37.5 Å². The minimum absolute atomic E-state index is 0.238. The molecule has 3 heterocycles. The van der Waals surface area contributed by atoms with Crippen LogP contribution >= 0.6 is 11.6 Å². The van der Waals surface area contributed by atoms with Gasteiger partial charge in [-0.05, 0) is 48.9 Å². The van der Waals surface area contributed by atoms with Crippen LogP contribution in [0.4, 0.5) is 16.3 Å². The molecule has 11 nitrogen and oxygen atoms in total. The molecule has 0 spiro atoms. The molecule has 2 amide bonds. The van der Waals surface area contributed by atoms with Crippen molar-refractivity contribution in [3.8, 4) is 22.9 Å². The lowest BCUT2D eigenvalue weighted by Gasteiger charge is -2.15. The van der Waals surface area contributed by atoms with Gasteiger partial charge in [-0.15, -0.1) is 0 Å². The van der Waals surface area contributed by atoms with Gasteiger partial charge >= 0.3 is 11.7 Å². The monoisotopic (exact) mass is 575 g/mol. The van der Waals surface area contributed by atoms with Gasteiger partial charge in [-0.2, -0.15) is 5.10 Å². The molecular weight excluding hydrogens is 546 g/mol. The van der Waals surface area contributed by atoms with Gasteiger partial charge in [0.05, 0.1) is 23.5 Å². The molecular formula is C29H30ClN7O4. The Labute approximate surface area is 241 Å². The molecule has 2 aromatic carbocycles. The number of anilines is 2. The molecule has 0 aliphatic carbocycles. The van der Waals surface area contributed by atoms with Crippen LogP contribution in [0.2, 0.25) is 5.02 Å². The number of aromatic amines is 1. The van der Waals surface area contributed by atoms with E-state index >= 15 is 0 Å². The van der Waals surface area contributed by atoms with E-state index in [0.29, 0.717) is 44.8 Å². The predicted octanol–water partition coefficient (Wildman–Crippen LogP) is 6.15. The minimum Gasteiger partial charge on any atom is -0.497 e. The number of H-pyrrole nitrogens is 1. The molecule has 0 atom stereocenters. The maximum atomic E-state index is 13.2. The van der Waals surface area contributed by atoms with Crippen molar-refractivity contribution in [2.45, 2.75) is 33.1 Å². The molecule has 12 heteroatoms. The Kier molecular flexibility index (Phi) is 7.22. The second-order valence-electron chi connectivity index (χ2n) is 10.5. The Morgan fingerprint density at radius 2 is 1.78 bits per heavy atom. The van der Waals surface area contributed by atoms with E-state index in [4.69, 9.17) is 26.2 Å². The Balaban J connectivity index is 1.39. The highest BCUT2D eigenvalue weighted by Gasteiger charge is 2.22. The Morgan fingerprint density at radius 3 is 2.46 bits per heavy atom. The maximum Gasteiger partial charge on any atom is 0.327 e. The molecule has 5 aromatic rings. The average Bonchev–Trinajstić information content (AvgIpc) is 3.49. The van der Waals surface area contributed by atoms with Gasteiger partial charge in [0.2, 0.25) is 0 Å². The maximum absolute atomic E-state index is 13.2. The molecule has 0 unspecified atom stereocenters. The lowest BCUT2D eigenvalue weighted by atomic mass is 9.92. The van der Waals surface area contributed by atoms with Gasteiger partial charge < -0.3 is 14.8 Å². The smallest absolute Gasteiger partial charge is 0.327 e. The Hall–Kier alpha value is -4.77. The first-order valence-electron chi connectivity index (χ1n) is 12.8. The number of carbonyl (C=O) groups excluding carboxylic acids is 1. The number of fused-ring (bicyclic) bond motifs is 1. The number of methoxy groups -OCH3 is 1. The molecule has 0 saturated carbocycles. The quantitative estimate of drug-likeness (QED) is 0.223. The third kappa shape index (κ3) is 5.48. The van der Waals surface area contributed by atoms with Crippen molar-refractivity contribution in [2.75, 3.05) is 17.7 Å². The van der Waals surface area contributed by atoms with E-state index < -0.39 is 6.03 Å². The van der Waals surface area contributed by atoms with Crippen molar-refractivity contribution in [2.24, 2.45) is 7.05 Å². The minimum atomic E-state index is -0.467. The standard InChI is InChI=1S/C29H30ClN7O4/c1-16-19(11-12-20(24(16)30)41-21-13-14-31-26-25(21)36(5)28(39)34-26)32-27(38)33-23-15-22(29(2,3)4)35-37(23)17-7-9-18(40-6)10-8-17/h7-15H,1-6H3,(H,31,34,39)(H2,32,33,38). The summed E-state index contributed by atoms with van der Waals surface area (Å²) in [4.78, 5) is 32.1. The van der Waals surface area contributed by atoms with Crippen molar-refractivity contribution in [1.82, 2.24) is 24.3 Å². The molecule has 0 saturated heterocycles. The van der Waals surface area contributed by atoms with Crippen molar-refractivity contribution < 1.29 is 14.3 Å². The van der Waals surface area contributed by atoms with Crippen molar-refractivity contribution in [3.63, 3.8) is 0 Å². The predicted molar refractivity (Wildman–Crippen MR) is 159 cm³/mol. The topological polar surface area (TPSA) is 128 Å². The Morgan fingerprint density at radius 1 is 1.05 bits per heavy atom. The van der Waals surface area contributed by atoms with Crippen LogP contribution in [0.1, 0.15) is 32.0 Å². The third-order valence-electron chi connectivity index (χ3n) is 6.61. The number of benzene rings is 2. The second-order valence-corrected chi connectivity index (χ2v) is 10.9. The summed E-state index contributed by atoms with van der Waals surface area (Å²) in [6.45, 7) is 7.94. The fraction of sp³-hybridized carbons (Fsp3) is 0.241. The van der Waals surface area contributed by atoms with E-state index in [0.717, 1.165) is 17.1 Å². The molecule has 0 aliphatic heterocycles. The molecule has 0 aliphatic rings. The van der Waals surface area contributed by atoms with Gasteiger partial charge in [0.15, 0.2) is 11.4 Å². The lowest BCUT2D eigenvalue weighted by Crippen LogP contribution is -2.21. The fourth-order valence-corrected chi connectivity index (χ4v) is 4.44. The van der Waals surface area contributed by atoms with Crippen molar-refractivity contribution in [1.29, 1.82) is 0 Å². The number of aryl methyl sites for hydroxylation is 1. The van der Waals surface area contributed by atoms with Crippen molar-refractivity contribution in [3.05, 3.63) is 81.5 Å². The molecule has 41 heavy (non-hydrogen) atoms. The number of hydrogen-bond donors (Lipinski definition) is 3. The van der Waals surface area contributed by atoms with E-state index in [-0.39, 0.29) is 11.1 Å². The van der Waals surface area contributed by atoms with E-state index in [1.54, 1.807) is 44.0 Å². The summed E-state index contributed by atoms with van der Waals surface area (Å²) in [5.41, 5.74) is 3.05. The van der Waals surface area contributed by atoms with E-state index in [1.807, 2.05) is 30.3 Å². The molecule has 5 rings (SSSR count). The lowest BCUT2D eigenvalue weighted by molar-refractivity contribution is 0.262. The zero-order chi connectivity index (χ0) is 29.5. The van der Waals surface area contributed by atoms with Crippen LogP contribution in [0.25, 0.3) is 16.9 Å². The number of rotatable bonds is 6. The number of amides is 2. The summed E-state index contributed by atoms with van der Waals surface area (Å²) in [5.74, 6) is 2.00. The molecule has 3 aromatic heterocycles. The number of aromatic nitrogens is 5. The SMILES string of the molecule is COc1ccc(-n2nc(C(C)(C)C)cc2NC(=O)Nc2ccc(Oc3ccnc4[nH]c(=O)n(C)c34)c(Cl)c2C)cc1. The summed E-state index contributed by atoms with van der Waals surface area (Å²) >= 11 is 6.66. The van der Waals surface area contributed by atoms with Crippen LogP contribution in [0.3, 0.4) is 0 Å². The summed E-state index contributed by atoms with van der Waals surface area (Å²) in [6, 6.07) is 13.8. The Bertz CT molecular complexity index is 1810. The summed E-state index contributed by atoms with van der Waals surface area (Å²) in [7, 11) is 3.23. The zero-order valence-electron chi connectivity index (χ0n) is 23.5. The van der Waals surface area contributed by atoms with Crippen LogP contribution in [0.5, 0.6) is 17.2 Å². The molecule has 3 N–H and O–H groups in total. The van der Waals surface area contributed by atoms with Crippen LogP contribution in [-0.2, 0) is 12.5 Å². The molecule has 0 radical (unpaired) electrons. The highest BCUT2D eigenvalue weighted by molar-refractivity contribution is 6.33. The van der Waals surface area contributed by atoms with Crippen LogP contribution < -0.4 is 25.8 Å². The number of ether oxygens (including phenoxy) is 2. The number of urea groups is 1.